The zero-order valence-electron chi connectivity index (χ0n) is 7.83. The SMILES string of the molecule is Cc1nc(C)c(C(=O)NCC(=O)O)s1. The average Bonchev–Trinajstić information content (AvgIpc) is 2.41. The van der Waals surface area contributed by atoms with Crippen molar-refractivity contribution in [2.45, 2.75) is 13.8 Å². The first-order valence-electron chi connectivity index (χ1n) is 3.94. The monoisotopic (exact) mass is 214 g/mol. The summed E-state index contributed by atoms with van der Waals surface area (Å²) in [5.74, 6) is -1.44. The van der Waals surface area contributed by atoms with Crippen molar-refractivity contribution in [2.75, 3.05) is 6.54 Å². The first kappa shape index (κ1) is 10.6. The second-order valence-electron chi connectivity index (χ2n) is 2.72. The lowest BCUT2D eigenvalue weighted by atomic mass is 10.4. The molecule has 0 saturated heterocycles. The normalized spacial score (nSPS) is 9.86. The molecule has 0 radical (unpaired) electrons. The number of carbonyl (C=O) groups is 2. The highest BCUT2D eigenvalue weighted by Gasteiger charge is 2.13. The Bertz CT molecular complexity index is 373. The molecule has 1 rings (SSSR count). The van der Waals surface area contributed by atoms with Crippen LogP contribution >= 0.6 is 11.3 Å². The molecular formula is C8H10N2O3S. The molecule has 0 aromatic carbocycles. The number of amides is 1. The van der Waals surface area contributed by atoms with E-state index in [2.05, 4.69) is 10.3 Å². The third kappa shape index (κ3) is 2.53. The second-order valence-corrected chi connectivity index (χ2v) is 3.93. The van der Waals surface area contributed by atoms with Crippen LogP contribution in [0.5, 0.6) is 0 Å². The van der Waals surface area contributed by atoms with Gasteiger partial charge in [-0.15, -0.1) is 11.3 Å². The number of nitrogens with zero attached hydrogens (tertiary/aromatic N) is 1. The fourth-order valence-corrected chi connectivity index (χ4v) is 1.81. The van der Waals surface area contributed by atoms with Crippen molar-refractivity contribution in [3.8, 4) is 0 Å². The zero-order chi connectivity index (χ0) is 10.7. The van der Waals surface area contributed by atoms with Crippen molar-refractivity contribution >= 4 is 23.2 Å². The number of nitrogens with one attached hydrogen (secondary N) is 1. The molecule has 0 bridgehead atoms. The molecule has 0 aliphatic carbocycles. The third-order valence-electron chi connectivity index (χ3n) is 1.51. The Morgan fingerprint density at radius 1 is 1.50 bits per heavy atom. The topological polar surface area (TPSA) is 79.3 Å². The number of aliphatic carboxylic acids is 1. The van der Waals surface area contributed by atoms with E-state index in [9.17, 15) is 9.59 Å². The van der Waals surface area contributed by atoms with E-state index in [-0.39, 0.29) is 12.5 Å². The summed E-state index contributed by atoms with van der Waals surface area (Å²) in [5, 5.41) is 11.4. The first-order chi connectivity index (χ1) is 6.50. The molecule has 0 atom stereocenters. The third-order valence-corrected chi connectivity index (χ3v) is 2.58. The van der Waals surface area contributed by atoms with Crippen LogP contribution in [0.4, 0.5) is 0 Å². The van der Waals surface area contributed by atoms with Crippen LogP contribution in [0.15, 0.2) is 0 Å². The van der Waals surface area contributed by atoms with Crippen LogP contribution in [0.25, 0.3) is 0 Å². The summed E-state index contributed by atoms with van der Waals surface area (Å²) in [6.45, 7) is 3.15. The van der Waals surface area contributed by atoms with Gasteiger partial charge in [-0.3, -0.25) is 9.59 Å². The summed E-state index contributed by atoms with van der Waals surface area (Å²) in [4.78, 5) is 26.1. The molecule has 6 heteroatoms. The first-order valence-corrected chi connectivity index (χ1v) is 4.76. The van der Waals surface area contributed by atoms with Gasteiger partial charge in [0.15, 0.2) is 0 Å². The standard InChI is InChI=1S/C8H10N2O3S/c1-4-7(14-5(2)10-4)8(13)9-3-6(11)12/h3H2,1-2H3,(H,9,13)(H,11,12). The summed E-state index contributed by atoms with van der Waals surface area (Å²) in [7, 11) is 0. The molecule has 0 saturated carbocycles. The van der Waals surface area contributed by atoms with Crippen LogP contribution in [0, 0.1) is 13.8 Å². The van der Waals surface area contributed by atoms with E-state index in [1.54, 1.807) is 13.8 Å². The fraction of sp³-hybridized carbons (Fsp3) is 0.375. The number of aromatic nitrogens is 1. The van der Waals surface area contributed by atoms with Crippen molar-refractivity contribution < 1.29 is 14.7 Å². The lowest BCUT2D eigenvalue weighted by Gasteiger charge is -1.99. The predicted octanol–water partition coefficient (Wildman–Crippen LogP) is 0.574. The molecular weight excluding hydrogens is 204 g/mol. The van der Waals surface area contributed by atoms with Crippen LogP contribution in [0.2, 0.25) is 0 Å². The van der Waals surface area contributed by atoms with Crippen LogP contribution < -0.4 is 5.32 Å². The lowest BCUT2D eigenvalue weighted by molar-refractivity contribution is -0.135. The van der Waals surface area contributed by atoms with Crippen LogP contribution in [0.1, 0.15) is 20.4 Å². The molecule has 0 unspecified atom stereocenters. The van der Waals surface area contributed by atoms with Crippen LogP contribution in [-0.2, 0) is 4.79 Å². The second kappa shape index (κ2) is 4.19. The van der Waals surface area contributed by atoms with Crippen molar-refractivity contribution in [1.82, 2.24) is 10.3 Å². The Kier molecular flexibility index (Phi) is 3.19. The van der Waals surface area contributed by atoms with Crippen LogP contribution in [-0.4, -0.2) is 28.5 Å². The van der Waals surface area contributed by atoms with E-state index in [0.717, 1.165) is 5.01 Å². The highest BCUT2D eigenvalue weighted by molar-refractivity contribution is 7.13. The van der Waals surface area contributed by atoms with E-state index in [1.165, 1.54) is 11.3 Å². The molecule has 0 aliphatic heterocycles. The molecule has 1 heterocycles. The van der Waals surface area contributed by atoms with E-state index in [4.69, 9.17) is 5.11 Å². The van der Waals surface area contributed by atoms with Gasteiger partial charge in [0.1, 0.15) is 11.4 Å². The zero-order valence-corrected chi connectivity index (χ0v) is 8.64. The minimum Gasteiger partial charge on any atom is -0.480 e. The number of carboxylic acids is 1. The predicted molar refractivity (Wildman–Crippen MR) is 51.6 cm³/mol. The van der Waals surface area contributed by atoms with E-state index in [1.807, 2.05) is 0 Å². The Balaban J connectivity index is 2.69. The highest BCUT2D eigenvalue weighted by Crippen LogP contribution is 2.16. The van der Waals surface area contributed by atoms with Gasteiger partial charge in [-0.1, -0.05) is 0 Å². The minimum atomic E-state index is -1.06. The maximum Gasteiger partial charge on any atom is 0.322 e. The largest absolute Gasteiger partial charge is 0.480 e. The number of thiazole rings is 1. The molecule has 0 aliphatic rings. The summed E-state index contributed by atoms with van der Waals surface area (Å²) in [6.07, 6.45) is 0. The quantitative estimate of drug-likeness (QED) is 0.771. The molecule has 0 fully saturated rings. The Hall–Kier alpha value is -1.43. The Morgan fingerprint density at radius 3 is 2.57 bits per heavy atom. The maximum absolute atomic E-state index is 11.4. The Morgan fingerprint density at radius 2 is 2.14 bits per heavy atom. The number of carbonyl (C=O) groups excluding carboxylic acids is 1. The van der Waals surface area contributed by atoms with Crippen LogP contribution in [0.3, 0.4) is 0 Å². The number of rotatable bonds is 3. The molecule has 1 aromatic rings. The summed E-state index contributed by atoms with van der Waals surface area (Å²) in [5.41, 5.74) is 0.635. The number of carboxylic acid groups (broad SMARTS) is 1. The van der Waals surface area contributed by atoms with E-state index >= 15 is 0 Å². The van der Waals surface area contributed by atoms with Crippen molar-refractivity contribution in [3.63, 3.8) is 0 Å². The average molecular weight is 214 g/mol. The Labute approximate surface area is 84.8 Å². The van der Waals surface area contributed by atoms with Gasteiger partial charge in [0, 0.05) is 0 Å². The van der Waals surface area contributed by atoms with E-state index in [0.29, 0.717) is 10.6 Å². The number of hydrogen-bond acceptors (Lipinski definition) is 4. The summed E-state index contributed by atoms with van der Waals surface area (Å²) in [6, 6.07) is 0. The number of aryl methyl sites for hydroxylation is 2. The molecule has 1 amide bonds. The molecule has 76 valence electrons. The fourth-order valence-electron chi connectivity index (χ4n) is 0.978. The van der Waals surface area contributed by atoms with Gasteiger partial charge in [0.05, 0.1) is 10.7 Å². The van der Waals surface area contributed by atoms with Gasteiger partial charge in [-0.2, -0.15) is 0 Å². The van der Waals surface area contributed by atoms with Gasteiger partial charge >= 0.3 is 5.97 Å². The molecule has 0 spiro atoms. The molecule has 5 nitrogen and oxygen atoms in total. The van der Waals surface area contributed by atoms with Crippen molar-refractivity contribution in [2.24, 2.45) is 0 Å². The summed E-state index contributed by atoms with van der Waals surface area (Å²) >= 11 is 1.26. The number of hydrogen-bond donors (Lipinski definition) is 2. The molecule has 1 aromatic heterocycles. The lowest BCUT2D eigenvalue weighted by Crippen LogP contribution is -2.29. The van der Waals surface area contributed by atoms with Crippen molar-refractivity contribution in [1.29, 1.82) is 0 Å². The van der Waals surface area contributed by atoms with Gasteiger partial charge in [0.25, 0.3) is 5.91 Å². The maximum atomic E-state index is 11.4. The molecule has 2 N–H and O–H groups in total. The summed E-state index contributed by atoms with van der Waals surface area (Å²) < 4.78 is 0. The van der Waals surface area contributed by atoms with Gasteiger partial charge in [0.2, 0.25) is 0 Å². The highest BCUT2D eigenvalue weighted by atomic mass is 32.1. The smallest absolute Gasteiger partial charge is 0.322 e. The van der Waals surface area contributed by atoms with Gasteiger partial charge < -0.3 is 10.4 Å². The minimum absolute atomic E-state index is 0.366. The van der Waals surface area contributed by atoms with Crippen molar-refractivity contribution in [3.05, 3.63) is 15.6 Å². The van der Waals surface area contributed by atoms with Gasteiger partial charge in [-0.05, 0) is 13.8 Å². The van der Waals surface area contributed by atoms with E-state index < -0.39 is 5.97 Å². The van der Waals surface area contributed by atoms with Gasteiger partial charge in [-0.25, -0.2) is 4.98 Å². The molecule has 14 heavy (non-hydrogen) atoms.